The van der Waals surface area contributed by atoms with Crippen molar-refractivity contribution in [3.8, 4) is 5.75 Å². The van der Waals surface area contributed by atoms with Gasteiger partial charge < -0.3 is 9.16 Å². The normalized spacial score (nSPS) is 12.2. The molecular formula is C20H28FN3O3SSi. The Kier molecular flexibility index (Phi) is 7.53. The van der Waals surface area contributed by atoms with E-state index in [4.69, 9.17) is 9.16 Å². The van der Waals surface area contributed by atoms with E-state index in [1.165, 1.54) is 23.6 Å². The van der Waals surface area contributed by atoms with Crippen molar-refractivity contribution < 1.29 is 18.3 Å². The van der Waals surface area contributed by atoms with Crippen LogP contribution in [0.4, 0.5) is 9.52 Å². The summed E-state index contributed by atoms with van der Waals surface area (Å²) in [5.41, 5.74) is 3.68. The van der Waals surface area contributed by atoms with E-state index >= 15 is 0 Å². The van der Waals surface area contributed by atoms with Crippen molar-refractivity contribution in [1.29, 1.82) is 0 Å². The number of hydrogen-bond acceptors (Lipinski definition) is 7. The molecule has 1 N–H and O–H groups in total. The molecule has 6 nitrogen and oxygen atoms in total. The van der Waals surface area contributed by atoms with Gasteiger partial charge in [0.05, 0.1) is 24.9 Å². The molecule has 0 aliphatic rings. The van der Waals surface area contributed by atoms with Crippen LogP contribution in [0.5, 0.6) is 5.75 Å². The van der Waals surface area contributed by atoms with Crippen LogP contribution in [0.3, 0.4) is 0 Å². The third kappa shape index (κ3) is 6.64. The van der Waals surface area contributed by atoms with Crippen molar-refractivity contribution in [3.05, 3.63) is 40.7 Å². The maximum Gasteiger partial charge on any atom is 0.311 e. The van der Waals surface area contributed by atoms with Gasteiger partial charge in [-0.3, -0.25) is 10.2 Å². The predicted octanol–water partition coefficient (Wildman–Crippen LogP) is 5.22. The molecule has 1 aromatic heterocycles. The van der Waals surface area contributed by atoms with Crippen LogP contribution < -0.4 is 9.85 Å². The maximum atomic E-state index is 14.2. The summed E-state index contributed by atoms with van der Waals surface area (Å²) >= 11 is 1.31. The Balaban J connectivity index is 2.04. The number of aromatic nitrogens is 1. The summed E-state index contributed by atoms with van der Waals surface area (Å²) in [6.45, 7) is 12.8. The van der Waals surface area contributed by atoms with Crippen LogP contribution in [0, 0.1) is 5.82 Å². The topological polar surface area (TPSA) is 72.8 Å². The van der Waals surface area contributed by atoms with E-state index in [1.807, 2.05) is 0 Å². The van der Waals surface area contributed by atoms with E-state index in [0.29, 0.717) is 28.7 Å². The third-order valence-corrected chi connectivity index (χ3v) is 9.85. The molecule has 0 aliphatic carbocycles. The summed E-state index contributed by atoms with van der Waals surface area (Å²) in [5.74, 6) is -0.0841. The zero-order valence-corrected chi connectivity index (χ0v) is 19.5. The Bertz CT molecular complexity index is 878. The second-order valence-corrected chi connectivity index (χ2v) is 13.6. The zero-order valence-electron chi connectivity index (χ0n) is 17.7. The van der Waals surface area contributed by atoms with Gasteiger partial charge in [0.15, 0.2) is 0 Å². The average Bonchev–Trinajstić information content (AvgIpc) is 3.03. The number of carbonyl (C=O) groups excluding carboxylic acids is 1. The average molecular weight is 438 g/mol. The number of hydrogen-bond donors (Lipinski definition) is 1. The van der Waals surface area contributed by atoms with Crippen molar-refractivity contribution in [2.24, 2.45) is 5.10 Å². The number of ether oxygens (including phenoxy) is 1. The van der Waals surface area contributed by atoms with Gasteiger partial charge >= 0.3 is 5.97 Å². The van der Waals surface area contributed by atoms with Crippen LogP contribution in [0.25, 0.3) is 0 Å². The molecular weight excluding hydrogens is 409 g/mol. The van der Waals surface area contributed by atoms with E-state index in [1.54, 1.807) is 24.4 Å². The fraction of sp³-hybridized carbons (Fsp3) is 0.450. The van der Waals surface area contributed by atoms with Crippen molar-refractivity contribution in [2.75, 3.05) is 12.0 Å². The van der Waals surface area contributed by atoms with Gasteiger partial charge in [-0.1, -0.05) is 20.8 Å². The van der Waals surface area contributed by atoms with Crippen LogP contribution in [0.1, 0.15) is 39.0 Å². The minimum absolute atomic E-state index is 0.0449. The fourth-order valence-electron chi connectivity index (χ4n) is 2.09. The summed E-state index contributed by atoms with van der Waals surface area (Å²) < 4.78 is 25.3. The number of hydrazone groups is 1. The van der Waals surface area contributed by atoms with E-state index in [0.717, 1.165) is 0 Å². The third-order valence-electron chi connectivity index (χ3n) is 4.69. The van der Waals surface area contributed by atoms with Gasteiger partial charge in [0.25, 0.3) is 0 Å². The minimum Gasteiger partial charge on any atom is -0.543 e. The lowest BCUT2D eigenvalue weighted by molar-refractivity contribution is -0.142. The molecule has 0 fully saturated rings. The standard InChI is InChI=1S/C20H28FN3O3SSi/c1-7-26-18(25)11-15-13-28-19(23-15)24-22-12-14-10-16(8-9-17(14)21)27-29(5,6)20(2,3)4/h8-10,12-13H,7,11H2,1-6H3,(H,23,24). The Morgan fingerprint density at radius 1 is 1.38 bits per heavy atom. The number of nitrogens with zero attached hydrogens (tertiary/aromatic N) is 2. The molecule has 1 heterocycles. The van der Waals surface area contributed by atoms with Gasteiger partial charge in [-0.05, 0) is 43.3 Å². The first-order valence-electron chi connectivity index (χ1n) is 9.39. The number of carbonyl (C=O) groups is 1. The molecule has 1 aromatic carbocycles. The highest BCUT2D eigenvalue weighted by Gasteiger charge is 2.39. The fourth-order valence-corrected chi connectivity index (χ4v) is 3.77. The molecule has 2 rings (SSSR count). The van der Waals surface area contributed by atoms with Crippen LogP contribution in [-0.2, 0) is 16.0 Å². The second kappa shape index (κ2) is 9.49. The Morgan fingerprint density at radius 2 is 2.10 bits per heavy atom. The molecule has 0 bridgehead atoms. The van der Waals surface area contributed by atoms with E-state index in [9.17, 15) is 9.18 Å². The van der Waals surface area contributed by atoms with Gasteiger partial charge in [0.2, 0.25) is 13.4 Å². The van der Waals surface area contributed by atoms with E-state index < -0.39 is 8.32 Å². The highest BCUT2D eigenvalue weighted by Crippen LogP contribution is 2.37. The Morgan fingerprint density at radius 3 is 2.76 bits per heavy atom. The van der Waals surface area contributed by atoms with Gasteiger partial charge in [0.1, 0.15) is 11.6 Å². The molecule has 2 aromatic rings. The lowest BCUT2D eigenvalue weighted by Crippen LogP contribution is -2.43. The SMILES string of the molecule is CCOC(=O)Cc1csc(NN=Cc2cc(O[Si](C)(C)C(C)(C)C)ccc2F)n1. The van der Waals surface area contributed by atoms with Crippen molar-refractivity contribution in [2.45, 2.75) is 52.2 Å². The Labute approximate surface area is 176 Å². The zero-order chi connectivity index (χ0) is 21.7. The molecule has 158 valence electrons. The van der Waals surface area contributed by atoms with Crippen molar-refractivity contribution >= 4 is 37.0 Å². The Hall–Kier alpha value is -2.26. The van der Waals surface area contributed by atoms with E-state index in [2.05, 4.69) is 49.4 Å². The van der Waals surface area contributed by atoms with Gasteiger partial charge in [-0.25, -0.2) is 9.37 Å². The molecule has 0 saturated heterocycles. The van der Waals surface area contributed by atoms with Crippen molar-refractivity contribution in [3.63, 3.8) is 0 Å². The highest BCUT2D eigenvalue weighted by molar-refractivity contribution is 7.13. The maximum absolute atomic E-state index is 14.2. The summed E-state index contributed by atoms with van der Waals surface area (Å²) in [6, 6.07) is 4.67. The van der Waals surface area contributed by atoms with Crippen LogP contribution in [-0.4, -0.2) is 32.1 Å². The van der Waals surface area contributed by atoms with E-state index in [-0.39, 0.29) is 23.2 Å². The molecule has 0 aliphatic heterocycles. The van der Waals surface area contributed by atoms with Gasteiger partial charge in [-0.2, -0.15) is 5.10 Å². The van der Waals surface area contributed by atoms with Gasteiger partial charge in [0, 0.05) is 10.9 Å². The number of thiazole rings is 1. The lowest BCUT2D eigenvalue weighted by atomic mass is 10.2. The van der Waals surface area contributed by atoms with Crippen LogP contribution in [0.2, 0.25) is 18.1 Å². The largest absolute Gasteiger partial charge is 0.543 e. The summed E-state index contributed by atoms with van der Waals surface area (Å²) in [5, 5.41) is 6.37. The molecule has 0 saturated carbocycles. The first-order chi connectivity index (χ1) is 13.5. The summed E-state index contributed by atoms with van der Waals surface area (Å²) in [7, 11) is -2.02. The quantitative estimate of drug-likeness (QED) is 0.265. The van der Waals surface area contributed by atoms with Gasteiger partial charge in [-0.15, -0.1) is 11.3 Å². The molecule has 0 spiro atoms. The van der Waals surface area contributed by atoms with Crippen LogP contribution in [0.15, 0.2) is 28.7 Å². The molecule has 29 heavy (non-hydrogen) atoms. The number of halogens is 1. The number of nitrogens with one attached hydrogen (secondary N) is 1. The first kappa shape index (κ1) is 23.0. The number of rotatable bonds is 8. The lowest BCUT2D eigenvalue weighted by Gasteiger charge is -2.36. The first-order valence-corrected chi connectivity index (χ1v) is 13.2. The van der Waals surface area contributed by atoms with Crippen LogP contribution >= 0.6 is 11.3 Å². The van der Waals surface area contributed by atoms with Crippen molar-refractivity contribution in [1.82, 2.24) is 4.98 Å². The summed E-state index contributed by atoms with van der Waals surface area (Å²) in [4.78, 5) is 15.8. The minimum atomic E-state index is -2.02. The predicted molar refractivity (Wildman–Crippen MR) is 118 cm³/mol. The molecule has 0 amide bonds. The molecule has 9 heteroatoms. The molecule has 0 atom stereocenters. The highest BCUT2D eigenvalue weighted by atomic mass is 32.1. The number of anilines is 1. The smallest absolute Gasteiger partial charge is 0.311 e. The number of esters is 1. The second-order valence-electron chi connectivity index (χ2n) is 8.04. The number of benzene rings is 1. The summed E-state index contributed by atoms with van der Waals surface area (Å²) in [6.07, 6.45) is 1.50. The monoisotopic (exact) mass is 437 g/mol. The molecule has 0 unspecified atom stereocenters. The molecule has 0 radical (unpaired) electrons.